The first-order chi connectivity index (χ1) is 15.2. The number of aryl methyl sites for hydroxylation is 1. The molecule has 0 aliphatic carbocycles. The van der Waals surface area contributed by atoms with E-state index in [1.807, 2.05) is 69.3 Å². The normalized spacial score (nSPS) is 12.2. The van der Waals surface area contributed by atoms with Gasteiger partial charge in [0.25, 0.3) is 5.91 Å². The third-order valence-electron chi connectivity index (χ3n) is 5.45. The van der Waals surface area contributed by atoms with Crippen molar-refractivity contribution in [1.29, 1.82) is 0 Å². The summed E-state index contributed by atoms with van der Waals surface area (Å²) < 4.78 is 6.00. The van der Waals surface area contributed by atoms with Crippen molar-refractivity contribution in [2.24, 2.45) is 0 Å². The number of nitrogens with one attached hydrogen (secondary N) is 1. The highest BCUT2D eigenvalue weighted by Crippen LogP contribution is 2.31. The molecule has 2 aromatic carbocycles. The Morgan fingerprint density at radius 3 is 2.28 bits per heavy atom. The van der Waals surface area contributed by atoms with Gasteiger partial charge in [0.05, 0.1) is 0 Å². The molecule has 5 heteroatoms. The second kappa shape index (κ2) is 11.7. The van der Waals surface area contributed by atoms with E-state index in [1.54, 1.807) is 4.90 Å². The first-order valence-corrected chi connectivity index (χ1v) is 11.5. The minimum atomic E-state index is -0.545. The zero-order chi connectivity index (χ0) is 23.7. The third-order valence-corrected chi connectivity index (χ3v) is 5.45. The van der Waals surface area contributed by atoms with Gasteiger partial charge in [0.2, 0.25) is 5.91 Å². The molecule has 2 rings (SSSR count). The van der Waals surface area contributed by atoms with Gasteiger partial charge >= 0.3 is 0 Å². The molecule has 1 unspecified atom stereocenters. The zero-order valence-electron chi connectivity index (χ0n) is 20.4. The molecule has 0 aliphatic rings. The molecule has 0 radical (unpaired) electrons. The maximum atomic E-state index is 13.3. The number of hydrogen-bond donors (Lipinski definition) is 1. The van der Waals surface area contributed by atoms with E-state index < -0.39 is 6.04 Å². The minimum Gasteiger partial charge on any atom is -0.483 e. The highest BCUT2D eigenvalue weighted by Gasteiger charge is 2.29. The van der Waals surface area contributed by atoms with Crippen LogP contribution in [0.15, 0.2) is 48.5 Å². The summed E-state index contributed by atoms with van der Waals surface area (Å²) in [6, 6.07) is 15.3. The van der Waals surface area contributed by atoms with Gasteiger partial charge in [-0.1, -0.05) is 82.6 Å². The van der Waals surface area contributed by atoms with Gasteiger partial charge in [-0.2, -0.15) is 0 Å². The van der Waals surface area contributed by atoms with Crippen LogP contribution in [0.1, 0.15) is 64.2 Å². The van der Waals surface area contributed by atoms with Crippen LogP contribution in [0, 0.1) is 6.92 Å². The number of ether oxygens (including phenoxy) is 1. The third kappa shape index (κ3) is 7.11. The van der Waals surface area contributed by atoms with E-state index >= 15 is 0 Å². The van der Waals surface area contributed by atoms with Gasteiger partial charge in [-0.25, -0.2) is 0 Å². The van der Waals surface area contributed by atoms with Gasteiger partial charge in [0.15, 0.2) is 6.61 Å². The number of nitrogens with zero attached hydrogens (tertiary/aromatic N) is 1. The molecule has 32 heavy (non-hydrogen) atoms. The summed E-state index contributed by atoms with van der Waals surface area (Å²) in [6.07, 6.45) is 1.38. The van der Waals surface area contributed by atoms with E-state index in [2.05, 4.69) is 26.1 Å². The average molecular weight is 439 g/mol. The van der Waals surface area contributed by atoms with Crippen molar-refractivity contribution >= 4 is 11.8 Å². The number of carbonyl (C=O) groups excluding carboxylic acids is 2. The topological polar surface area (TPSA) is 58.6 Å². The molecule has 0 bridgehead atoms. The van der Waals surface area contributed by atoms with Crippen molar-refractivity contribution in [1.82, 2.24) is 10.2 Å². The van der Waals surface area contributed by atoms with Crippen LogP contribution in [0.4, 0.5) is 0 Å². The maximum absolute atomic E-state index is 13.3. The molecule has 5 nitrogen and oxygen atoms in total. The lowest BCUT2D eigenvalue weighted by Gasteiger charge is -2.31. The molecular formula is C27H38N2O3. The Labute approximate surface area is 193 Å². The summed E-state index contributed by atoms with van der Waals surface area (Å²) in [5.74, 6) is 0.379. The molecule has 0 aliphatic heterocycles. The lowest BCUT2D eigenvalue weighted by atomic mass is 9.86. The SMILES string of the molecule is CCCNC(=O)C(CC)N(Cc1ccc(C)cc1)C(=O)COc1ccccc1C(C)(C)C. The Morgan fingerprint density at radius 1 is 1.03 bits per heavy atom. The molecule has 0 fully saturated rings. The summed E-state index contributed by atoms with van der Waals surface area (Å²) in [5, 5.41) is 2.94. The lowest BCUT2D eigenvalue weighted by molar-refractivity contribution is -0.143. The van der Waals surface area contributed by atoms with Crippen LogP contribution in [-0.4, -0.2) is 35.9 Å². The highest BCUT2D eigenvalue weighted by molar-refractivity contribution is 5.88. The molecule has 0 spiro atoms. The van der Waals surface area contributed by atoms with Gasteiger partial charge < -0.3 is 15.0 Å². The molecule has 1 N–H and O–H groups in total. The molecule has 1 atom stereocenters. The molecule has 174 valence electrons. The Bertz CT molecular complexity index is 885. The van der Waals surface area contributed by atoms with Crippen molar-refractivity contribution in [2.45, 2.75) is 72.4 Å². The van der Waals surface area contributed by atoms with E-state index in [0.717, 1.165) is 23.1 Å². The van der Waals surface area contributed by atoms with Gasteiger partial charge in [-0.05, 0) is 42.4 Å². The lowest BCUT2D eigenvalue weighted by Crippen LogP contribution is -2.50. The quantitative estimate of drug-likeness (QED) is 0.568. The molecule has 0 saturated carbocycles. The Balaban J connectivity index is 2.25. The predicted octanol–water partition coefficient (Wildman–Crippen LogP) is 5.00. The fourth-order valence-corrected chi connectivity index (χ4v) is 3.61. The predicted molar refractivity (Wildman–Crippen MR) is 130 cm³/mol. The summed E-state index contributed by atoms with van der Waals surface area (Å²) in [4.78, 5) is 27.8. The van der Waals surface area contributed by atoms with Gasteiger partial charge in [-0.15, -0.1) is 0 Å². The van der Waals surface area contributed by atoms with Crippen molar-refractivity contribution in [3.8, 4) is 5.75 Å². The summed E-state index contributed by atoms with van der Waals surface area (Å²) in [6.45, 7) is 13.2. The van der Waals surface area contributed by atoms with E-state index in [9.17, 15) is 9.59 Å². The van der Waals surface area contributed by atoms with E-state index in [0.29, 0.717) is 25.3 Å². The maximum Gasteiger partial charge on any atom is 0.261 e. The average Bonchev–Trinajstić information content (AvgIpc) is 2.76. The standard InChI is InChI=1S/C27H38N2O3/c1-7-17-28-26(31)23(8-2)29(18-21-15-13-20(3)14-16-21)25(30)19-32-24-12-10-9-11-22(24)27(4,5)6/h9-16,23H,7-8,17-19H2,1-6H3,(H,28,31). The molecule has 2 amide bonds. The van der Waals surface area contributed by atoms with Crippen LogP contribution in [0.25, 0.3) is 0 Å². The van der Waals surface area contributed by atoms with Crippen molar-refractivity contribution < 1.29 is 14.3 Å². The number of carbonyl (C=O) groups is 2. The van der Waals surface area contributed by atoms with Crippen molar-refractivity contribution in [3.63, 3.8) is 0 Å². The first kappa shape index (κ1) is 25.4. The van der Waals surface area contributed by atoms with Crippen LogP contribution < -0.4 is 10.1 Å². The Kier molecular flexibility index (Phi) is 9.30. The second-order valence-corrected chi connectivity index (χ2v) is 9.26. The van der Waals surface area contributed by atoms with Gasteiger partial charge in [-0.3, -0.25) is 9.59 Å². The zero-order valence-corrected chi connectivity index (χ0v) is 20.4. The number of amides is 2. The summed E-state index contributed by atoms with van der Waals surface area (Å²) >= 11 is 0. The van der Waals surface area contributed by atoms with E-state index in [-0.39, 0.29) is 23.8 Å². The van der Waals surface area contributed by atoms with Crippen LogP contribution in [0.2, 0.25) is 0 Å². The minimum absolute atomic E-state index is 0.104. The molecule has 0 heterocycles. The first-order valence-electron chi connectivity index (χ1n) is 11.5. The summed E-state index contributed by atoms with van der Waals surface area (Å²) in [7, 11) is 0. The van der Waals surface area contributed by atoms with Crippen LogP contribution in [0.3, 0.4) is 0 Å². The number of rotatable bonds is 10. The van der Waals surface area contributed by atoms with E-state index in [1.165, 1.54) is 0 Å². The van der Waals surface area contributed by atoms with Gasteiger partial charge in [0.1, 0.15) is 11.8 Å². The Hall–Kier alpha value is -2.82. The molecule has 2 aromatic rings. The van der Waals surface area contributed by atoms with Crippen molar-refractivity contribution in [3.05, 3.63) is 65.2 Å². The van der Waals surface area contributed by atoms with Crippen molar-refractivity contribution in [2.75, 3.05) is 13.2 Å². The highest BCUT2D eigenvalue weighted by atomic mass is 16.5. The second-order valence-electron chi connectivity index (χ2n) is 9.26. The van der Waals surface area contributed by atoms with Gasteiger partial charge in [0, 0.05) is 13.1 Å². The van der Waals surface area contributed by atoms with Crippen LogP contribution in [0.5, 0.6) is 5.75 Å². The summed E-state index contributed by atoms with van der Waals surface area (Å²) in [5.41, 5.74) is 3.08. The van der Waals surface area contributed by atoms with E-state index in [4.69, 9.17) is 4.74 Å². The monoisotopic (exact) mass is 438 g/mol. The number of benzene rings is 2. The fourth-order valence-electron chi connectivity index (χ4n) is 3.61. The number of hydrogen-bond acceptors (Lipinski definition) is 3. The van der Waals surface area contributed by atoms with Crippen LogP contribution in [-0.2, 0) is 21.5 Å². The molecular weight excluding hydrogens is 400 g/mol. The smallest absolute Gasteiger partial charge is 0.261 e. The largest absolute Gasteiger partial charge is 0.483 e. The fraction of sp³-hybridized carbons (Fsp3) is 0.481. The molecule has 0 saturated heterocycles. The number of para-hydroxylation sites is 1. The molecule has 0 aromatic heterocycles. The Morgan fingerprint density at radius 2 is 1.69 bits per heavy atom. The van der Waals surface area contributed by atoms with Crippen LogP contribution >= 0.6 is 0 Å².